The van der Waals surface area contributed by atoms with Gasteiger partial charge >= 0.3 is 17.7 Å². The number of aryl methyl sites for hydroxylation is 1. The molecule has 10 nitrogen and oxygen atoms in total. The Bertz CT molecular complexity index is 1330. The Balaban J connectivity index is 1.59. The topological polar surface area (TPSA) is 140 Å². The fourth-order valence-electron chi connectivity index (χ4n) is 2.74. The van der Waals surface area contributed by atoms with Gasteiger partial charge in [-0.15, -0.1) is 22.7 Å². The van der Waals surface area contributed by atoms with E-state index < -0.39 is 29.4 Å². The number of aromatic amines is 2. The minimum atomic E-state index is -4.65. The summed E-state index contributed by atoms with van der Waals surface area (Å²) in [7, 11) is 0. The molecular weight excluding hydrogens is 463 g/mol. The van der Waals surface area contributed by atoms with Gasteiger partial charge in [-0.25, -0.2) is 14.6 Å². The smallest absolute Gasteiger partial charge is 0.439 e. The lowest BCUT2D eigenvalue weighted by atomic mass is 10.2. The molecule has 15 heteroatoms. The van der Waals surface area contributed by atoms with E-state index in [1.54, 1.807) is 13.8 Å². The van der Waals surface area contributed by atoms with Crippen LogP contribution >= 0.6 is 22.7 Å². The first-order valence-corrected chi connectivity index (χ1v) is 10.2. The first-order chi connectivity index (χ1) is 14.6. The highest BCUT2D eigenvalue weighted by molar-refractivity contribution is 7.15. The highest BCUT2D eigenvalue weighted by Crippen LogP contribution is 2.42. The Morgan fingerprint density at radius 2 is 1.71 bits per heavy atom. The highest BCUT2D eigenvalue weighted by atomic mass is 32.1. The third kappa shape index (κ3) is 4.46. The van der Waals surface area contributed by atoms with Crippen molar-refractivity contribution in [2.75, 3.05) is 0 Å². The van der Waals surface area contributed by atoms with Crippen LogP contribution in [-0.2, 0) is 12.6 Å². The average Bonchev–Trinajstić information content (AvgIpc) is 3.42. The van der Waals surface area contributed by atoms with E-state index in [0.717, 1.165) is 17.4 Å². The summed E-state index contributed by atoms with van der Waals surface area (Å²) >= 11 is 2.03. The summed E-state index contributed by atoms with van der Waals surface area (Å²) in [4.78, 5) is 31.7. The van der Waals surface area contributed by atoms with Crippen molar-refractivity contribution in [1.29, 1.82) is 0 Å². The van der Waals surface area contributed by atoms with E-state index in [1.165, 1.54) is 11.3 Å². The number of nitrogens with one attached hydrogen (secondary N) is 2. The predicted molar refractivity (Wildman–Crippen MR) is 102 cm³/mol. The molecule has 1 atom stereocenters. The fourth-order valence-corrected chi connectivity index (χ4v) is 4.75. The Labute approximate surface area is 177 Å². The molecule has 0 saturated heterocycles. The zero-order chi connectivity index (χ0) is 22.3. The molecule has 0 spiro atoms. The van der Waals surface area contributed by atoms with Gasteiger partial charge in [-0.3, -0.25) is 19.0 Å². The van der Waals surface area contributed by atoms with Crippen LogP contribution in [0.3, 0.4) is 0 Å². The van der Waals surface area contributed by atoms with Crippen LogP contribution in [0, 0.1) is 6.92 Å². The molecule has 4 aromatic heterocycles. The minimum absolute atomic E-state index is 0.112. The van der Waals surface area contributed by atoms with Crippen molar-refractivity contribution >= 4 is 22.7 Å². The molecule has 2 N–H and O–H groups in total. The Morgan fingerprint density at radius 3 is 2.26 bits per heavy atom. The van der Waals surface area contributed by atoms with Crippen molar-refractivity contribution in [1.82, 2.24) is 25.3 Å². The summed E-state index contributed by atoms with van der Waals surface area (Å²) in [5.74, 6) is -1.67. The van der Waals surface area contributed by atoms with Crippen molar-refractivity contribution in [3.63, 3.8) is 0 Å². The minimum Gasteiger partial charge on any atom is -0.473 e. The van der Waals surface area contributed by atoms with E-state index in [9.17, 15) is 22.8 Å². The highest BCUT2D eigenvalue weighted by Gasteiger charge is 2.37. The van der Waals surface area contributed by atoms with E-state index in [0.29, 0.717) is 14.8 Å². The molecule has 0 aromatic carbocycles. The van der Waals surface area contributed by atoms with Crippen molar-refractivity contribution in [3.05, 3.63) is 42.6 Å². The van der Waals surface area contributed by atoms with Gasteiger partial charge in [-0.1, -0.05) is 10.3 Å². The van der Waals surface area contributed by atoms with Gasteiger partial charge in [0, 0.05) is 11.3 Å². The number of hydrogen-bond donors (Lipinski definition) is 2. The van der Waals surface area contributed by atoms with Crippen LogP contribution in [0.1, 0.15) is 22.4 Å². The molecule has 0 bridgehead atoms. The van der Waals surface area contributed by atoms with Gasteiger partial charge < -0.3 is 4.74 Å². The summed E-state index contributed by atoms with van der Waals surface area (Å²) in [5.41, 5.74) is -0.936. The number of alkyl halides is 3. The molecule has 0 fully saturated rings. The van der Waals surface area contributed by atoms with Crippen LogP contribution in [0.15, 0.2) is 24.7 Å². The average molecular weight is 475 g/mol. The zero-order valence-corrected chi connectivity index (χ0v) is 17.3. The molecule has 0 radical (unpaired) electrons. The summed E-state index contributed by atoms with van der Waals surface area (Å²) < 4.78 is 55.0. The molecule has 4 heterocycles. The van der Waals surface area contributed by atoms with Crippen molar-refractivity contribution in [3.8, 4) is 27.3 Å². The molecule has 4 aromatic rings. The van der Waals surface area contributed by atoms with Crippen LogP contribution in [0.25, 0.3) is 21.4 Å². The Hall–Kier alpha value is -3.20. The zero-order valence-electron chi connectivity index (χ0n) is 15.7. The van der Waals surface area contributed by atoms with Gasteiger partial charge in [0.25, 0.3) is 0 Å². The second-order valence-electron chi connectivity index (χ2n) is 6.34. The largest absolute Gasteiger partial charge is 0.473 e. The maximum atomic E-state index is 13.5. The molecule has 0 aliphatic heterocycles. The van der Waals surface area contributed by atoms with Crippen LogP contribution < -0.4 is 16.2 Å². The SMILES string of the molecule is Cc1nc(OC(C)Cc2cc(C(F)(F)F)c(-c3noc(=O)[nH]3)s2)c(-c2noc(=O)[nH]2)s1. The number of hydrogen-bond acceptors (Lipinski definition) is 10. The van der Waals surface area contributed by atoms with Gasteiger partial charge in [0.05, 0.1) is 15.4 Å². The number of halogens is 3. The molecule has 0 saturated carbocycles. The quantitative estimate of drug-likeness (QED) is 0.433. The molecule has 0 aliphatic rings. The van der Waals surface area contributed by atoms with Crippen molar-refractivity contribution < 1.29 is 27.0 Å². The summed E-state index contributed by atoms with van der Waals surface area (Å²) in [5, 5.41) is 7.59. The predicted octanol–water partition coefficient (Wildman–Crippen LogP) is 3.23. The van der Waals surface area contributed by atoms with E-state index in [4.69, 9.17) is 4.74 Å². The molecule has 164 valence electrons. The van der Waals surface area contributed by atoms with E-state index in [-0.39, 0.29) is 28.8 Å². The monoisotopic (exact) mass is 475 g/mol. The second kappa shape index (κ2) is 7.81. The molecule has 31 heavy (non-hydrogen) atoms. The first kappa shape index (κ1) is 21.0. The first-order valence-electron chi connectivity index (χ1n) is 8.57. The number of nitrogens with zero attached hydrogens (tertiary/aromatic N) is 3. The Kier molecular flexibility index (Phi) is 5.30. The lowest BCUT2D eigenvalue weighted by molar-refractivity contribution is -0.136. The second-order valence-corrected chi connectivity index (χ2v) is 8.68. The fraction of sp³-hybridized carbons (Fsp3) is 0.312. The Morgan fingerprint density at radius 1 is 1.10 bits per heavy atom. The van der Waals surface area contributed by atoms with E-state index >= 15 is 0 Å². The molecule has 0 amide bonds. The number of H-pyrrole nitrogens is 2. The van der Waals surface area contributed by atoms with Gasteiger partial charge in [0.1, 0.15) is 11.0 Å². The summed E-state index contributed by atoms with van der Waals surface area (Å²) in [6, 6.07) is 0.981. The normalized spacial score (nSPS) is 12.9. The molecular formula is C16H12F3N5O5S2. The van der Waals surface area contributed by atoms with E-state index in [2.05, 4.69) is 34.3 Å². The maximum absolute atomic E-state index is 13.5. The van der Waals surface area contributed by atoms with Crippen LogP contribution in [0.4, 0.5) is 13.2 Å². The lowest BCUT2D eigenvalue weighted by Crippen LogP contribution is -2.15. The van der Waals surface area contributed by atoms with Crippen LogP contribution in [-0.4, -0.2) is 31.4 Å². The molecule has 1 unspecified atom stereocenters. The number of thiophene rings is 1. The van der Waals surface area contributed by atoms with Crippen LogP contribution in [0.5, 0.6) is 5.88 Å². The maximum Gasteiger partial charge on any atom is 0.439 e. The van der Waals surface area contributed by atoms with Gasteiger partial charge in [-0.05, 0) is 19.9 Å². The standard InChI is InChI=1S/C16H12F3N5O5S2/c1-5(27-13-10(30-6(2)20-13)12-22-15(26)29-24-12)3-7-4-8(16(17,18)19)9(31-7)11-21-14(25)28-23-11/h4-5H,3H2,1-2H3,(H,21,23,25)(H,22,24,26). The third-order valence-electron chi connectivity index (χ3n) is 3.90. The number of thiazole rings is 1. The van der Waals surface area contributed by atoms with Gasteiger partial charge in [-0.2, -0.15) is 13.2 Å². The summed E-state index contributed by atoms with van der Waals surface area (Å²) in [6.07, 6.45) is -5.12. The number of rotatable bonds is 6. The van der Waals surface area contributed by atoms with Crippen molar-refractivity contribution in [2.24, 2.45) is 0 Å². The van der Waals surface area contributed by atoms with Gasteiger partial charge in [0.15, 0.2) is 11.6 Å². The third-order valence-corrected chi connectivity index (χ3v) is 6.03. The molecule has 0 aliphatic carbocycles. The van der Waals surface area contributed by atoms with Gasteiger partial charge in [0.2, 0.25) is 5.88 Å². The lowest BCUT2D eigenvalue weighted by Gasteiger charge is -2.12. The van der Waals surface area contributed by atoms with Crippen LogP contribution in [0.2, 0.25) is 0 Å². The number of aromatic nitrogens is 5. The summed E-state index contributed by atoms with van der Waals surface area (Å²) in [6.45, 7) is 3.39. The number of ether oxygens (including phenoxy) is 1. The molecule has 4 rings (SSSR count). The van der Waals surface area contributed by atoms with E-state index in [1.807, 2.05) is 0 Å². The van der Waals surface area contributed by atoms with Crippen molar-refractivity contribution in [2.45, 2.75) is 32.5 Å².